The number of ether oxygens (including phenoxy) is 1. The molecule has 0 radical (unpaired) electrons. The van der Waals surface area contributed by atoms with Gasteiger partial charge in [-0.2, -0.15) is 13.2 Å². The Bertz CT molecular complexity index is 1410. The molecule has 0 heterocycles. The Morgan fingerprint density at radius 2 is 1.52 bits per heavy atom. The molecule has 0 aliphatic carbocycles. The molecule has 0 aromatic heterocycles. The molecular weight excluding hydrogens is 563 g/mol. The van der Waals surface area contributed by atoms with Gasteiger partial charge in [0.15, 0.2) is 0 Å². The maximum atomic E-state index is 13.7. The molecule has 0 bridgehead atoms. The summed E-state index contributed by atoms with van der Waals surface area (Å²) in [5, 5.41) is 8.82. The number of halogens is 4. The van der Waals surface area contributed by atoms with E-state index in [1.54, 1.807) is 30.3 Å². The number of benzene rings is 4. The molecule has 0 amide bonds. The number of alkyl halides is 3. The van der Waals surface area contributed by atoms with Crippen LogP contribution in [0.5, 0.6) is 5.75 Å². The Morgan fingerprint density at radius 1 is 0.905 bits per heavy atom. The van der Waals surface area contributed by atoms with Gasteiger partial charge in [0, 0.05) is 12.0 Å². The molecule has 4 rings (SSSR count). The van der Waals surface area contributed by atoms with E-state index in [0.29, 0.717) is 43.0 Å². The predicted octanol–water partition coefficient (Wildman–Crippen LogP) is 7.06. The zero-order valence-corrected chi connectivity index (χ0v) is 24.0. The van der Waals surface area contributed by atoms with Gasteiger partial charge in [-0.25, -0.2) is 0 Å². The lowest BCUT2D eigenvalue weighted by Gasteiger charge is -2.31. The van der Waals surface area contributed by atoms with Crippen molar-refractivity contribution in [1.29, 1.82) is 0 Å². The largest absolute Gasteiger partial charge is 0.493 e. The molecule has 0 spiro atoms. The summed E-state index contributed by atoms with van der Waals surface area (Å²) in [6.07, 6.45) is -4.02. The summed E-state index contributed by atoms with van der Waals surface area (Å²) in [6, 6.07) is 31.2. The van der Waals surface area contributed by atoms with Crippen LogP contribution in [0, 0.1) is 0 Å². The average Bonchev–Trinajstić information content (AvgIpc) is 2.96. The second kappa shape index (κ2) is 14.4. The zero-order valence-electron chi connectivity index (χ0n) is 23.3. The van der Waals surface area contributed by atoms with Crippen molar-refractivity contribution in [2.75, 3.05) is 13.2 Å². The average molecular weight is 597 g/mol. The van der Waals surface area contributed by atoms with E-state index < -0.39 is 17.7 Å². The lowest BCUT2D eigenvalue weighted by molar-refractivity contribution is -0.938. The van der Waals surface area contributed by atoms with Crippen LogP contribution in [0.4, 0.5) is 13.2 Å². The van der Waals surface area contributed by atoms with Crippen LogP contribution in [0.25, 0.3) is 0 Å². The molecule has 4 nitrogen and oxygen atoms in total. The zero-order chi connectivity index (χ0) is 30.1. The van der Waals surface area contributed by atoms with Crippen LogP contribution in [0.15, 0.2) is 103 Å². The summed E-state index contributed by atoms with van der Waals surface area (Å²) in [6.45, 7) is 3.34. The molecule has 8 heteroatoms. The highest BCUT2D eigenvalue weighted by atomic mass is 35.5. The smallest absolute Gasteiger partial charge is 0.417 e. The van der Waals surface area contributed by atoms with Crippen LogP contribution < -0.4 is 9.64 Å². The van der Waals surface area contributed by atoms with Crippen LogP contribution >= 0.6 is 11.6 Å². The minimum atomic E-state index is -4.54. The minimum Gasteiger partial charge on any atom is -0.493 e. The van der Waals surface area contributed by atoms with E-state index in [-0.39, 0.29) is 23.4 Å². The van der Waals surface area contributed by atoms with Crippen LogP contribution in [0.3, 0.4) is 0 Å². The summed E-state index contributed by atoms with van der Waals surface area (Å²) in [5.74, 6) is -0.336. The SMILES string of the molecule is CC(CCOc1cccc(CC(=O)O)c1)[NH+](Cc1cccc(C(F)(F)F)c1Cl)CC(c1ccccc1)c1ccccc1. The number of quaternary nitrogens is 1. The van der Waals surface area contributed by atoms with Crippen LogP contribution in [-0.4, -0.2) is 30.3 Å². The molecule has 0 fully saturated rings. The van der Waals surface area contributed by atoms with Gasteiger partial charge in [-0.15, -0.1) is 0 Å². The topological polar surface area (TPSA) is 51.0 Å². The number of aliphatic carboxylic acids is 1. The lowest BCUT2D eigenvalue weighted by Crippen LogP contribution is -3.14. The van der Waals surface area contributed by atoms with Crippen molar-refractivity contribution in [2.24, 2.45) is 0 Å². The molecule has 220 valence electrons. The van der Waals surface area contributed by atoms with Gasteiger partial charge < -0.3 is 14.7 Å². The second-order valence-corrected chi connectivity index (χ2v) is 10.8. The van der Waals surface area contributed by atoms with Crippen LogP contribution in [0.1, 0.15) is 47.1 Å². The summed E-state index contributed by atoms with van der Waals surface area (Å²) < 4.78 is 47.0. The first-order valence-electron chi connectivity index (χ1n) is 13.8. The summed E-state index contributed by atoms with van der Waals surface area (Å²) in [5.41, 5.74) is 2.49. The summed E-state index contributed by atoms with van der Waals surface area (Å²) in [7, 11) is 0. The number of carbonyl (C=O) groups is 1. The molecule has 2 N–H and O–H groups in total. The van der Waals surface area contributed by atoms with Gasteiger partial charge in [0.25, 0.3) is 0 Å². The number of rotatable bonds is 13. The Balaban J connectivity index is 1.59. The van der Waals surface area contributed by atoms with E-state index >= 15 is 0 Å². The van der Waals surface area contributed by atoms with Gasteiger partial charge >= 0.3 is 12.1 Å². The molecule has 2 unspecified atom stereocenters. The number of hydrogen-bond donors (Lipinski definition) is 2. The van der Waals surface area contributed by atoms with Crippen molar-refractivity contribution in [3.8, 4) is 5.75 Å². The molecule has 0 aliphatic rings. The van der Waals surface area contributed by atoms with Crippen molar-refractivity contribution in [3.05, 3.63) is 136 Å². The van der Waals surface area contributed by atoms with E-state index in [9.17, 15) is 18.0 Å². The number of carboxylic acid groups (broad SMARTS) is 1. The quantitative estimate of drug-likeness (QED) is 0.174. The lowest BCUT2D eigenvalue weighted by atomic mass is 9.90. The summed E-state index contributed by atoms with van der Waals surface area (Å²) in [4.78, 5) is 12.2. The Labute approximate surface area is 249 Å². The van der Waals surface area contributed by atoms with Gasteiger partial charge in [0.05, 0.1) is 42.1 Å². The maximum Gasteiger partial charge on any atom is 0.417 e. The Kier molecular flexibility index (Phi) is 10.7. The van der Waals surface area contributed by atoms with Crippen molar-refractivity contribution in [2.45, 2.75) is 44.4 Å². The number of carboxylic acids is 1. The third-order valence-corrected chi connectivity index (χ3v) is 7.89. The monoisotopic (exact) mass is 596 g/mol. The molecule has 0 aliphatic heterocycles. The van der Waals surface area contributed by atoms with E-state index in [2.05, 4.69) is 31.2 Å². The third-order valence-electron chi connectivity index (χ3n) is 7.44. The fourth-order valence-corrected chi connectivity index (χ4v) is 5.47. The van der Waals surface area contributed by atoms with Gasteiger partial charge in [0.2, 0.25) is 0 Å². The fourth-order valence-electron chi connectivity index (χ4n) is 5.17. The van der Waals surface area contributed by atoms with Crippen molar-refractivity contribution >= 4 is 17.6 Å². The van der Waals surface area contributed by atoms with Gasteiger partial charge in [-0.3, -0.25) is 4.79 Å². The molecule has 4 aromatic carbocycles. The highest BCUT2D eigenvalue weighted by Crippen LogP contribution is 2.36. The molecule has 0 saturated carbocycles. The van der Waals surface area contributed by atoms with E-state index in [1.165, 1.54) is 6.07 Å². The van der Waals surface area contributed by atoms with E-state index in [4.69, 9.17) is 21.4 Å². The molecular formula is C34H34ClF3NO3+. The Morgan fingerprint density at radius 3 is 2.12 bits per heavy atom. The van der Waals surface area contributed by atoms with Gasteiger partial charge in [-0.05, 0) is 41.8 Å². The number of nitrogens with one attached hydrogen (secondary N) is 1. The van der Waals surface area contributed by atoms with Crippen LogP contribution in [-0.2, 0) is 23.9 Å². The van der Waals surface area contributed by atoms with Crippen LogP contribution in [0.2, 0.25) is 5.02 Å². The molecule has 42 heavy (non-hydrogen) atoms. The predicted molar refractivity (Wildman–Crippen MR) is 158 cm³/mol. The van der Waals surface area contributed by atoms with Crippen molar-refractivity contribution in [3.63, 3.8) is 0 Å². The molecule has 2 atom stereocenters. The minimum absolute atomic E-state index is 0.00282. The third kappa shape index (κ3) is 8.60. The van der Waals surface area contributed by atoms with Gasteiger partial charge in [0.1, 0.15) is 12.3 Å². The van der Waals surface area contributed by atoms with Crippen molar-refractivity contribution in [1.82, 2.24) is 0 Å². The first kappa shape index (κ1) is 31.1. The maximum absolute atomic E-state index is 13.7. The highest BCUT2D eigenvalue weighted by molar-refractivity contribution is 6.32. The first-order chi connectivity index (χ1) is 20.1. The molecule has 4 aromatic rings. The summed E-state index contributed by atoms with van der Waals surface area (Å²) >= 11 is 6.35. The number of hydrogen-bond acceptors (Lipinski definition) is 2. The Hall–Kier alpha value is -3.81. The van der Waals surface area contributed by atoms with E-state index in [0.717, 1.165) is 22.1 Å². The van der Waals surface area contributed by atoms with Crippen molar-refractivity contribution < 1.29 is 32.7 Å². The second-order valence-electron chi connectivity index (χ2n) is 10.4. The molecule has 0 saturated heterocycles. The normalized spacial score (nSPS) is 13.1. The van der Waals surface area contributed by atoms with E-state index in [1.807, 2.05) is 36.4 Å². The highest BCUT2D eigenvalue weighted by Gasteiger charge is 2.35. The fraction of sp³-hybridized carbons (Fsp3) is 0.265. The first-order valence-corrected chi connectivity index (χ1v) is 14.2. The van der Waals surface area contributed by atoms with Gasteiger partial charge in [-0.1, -0.05) is 96.5 Å². The standard InChI is InChI=1S/C34H33ClF3NO3/c1-24(18-19-42-29-16-8-10-25(20-29)21-32(40)41)39(22-28-15-9-17-31(33(28)35)34(36,37)38)23-30(26-11-4-2-5-12-26)27-13-6-3-7-14-27/h2-17,20,24,30H,18-19,21-23H2,1H3,(H,40,41)/p+1.